The van der Waals surface area contributed by atoms with Crippen molar-refractivity contribution in [2.24, 2.45) is 7.05 Å². The Morgan fingerprint density at radius 3 is 2.86 bits per heavy atom. The number of ether oxygens (including phenoxy) is 1. The summed E-state index contributed by atoms with van der Waals surface area (Å²) in [6, 6.07) is 15.3. The van der Waals surface area contributed by atoms with E-state index in [4.69, 9.17) is 4.74 Å². The molecule has 0 atom stereocenters. The third kappa shape index (κ3) is 4.05. The molecule has 146 valence electrons. The smallest absolute Gasteiger partial charge is 0.269 e. The van der Waals surface area contributed by atoms with E-state index in [2.05, 4.69) is 20.8 Å². The maximum absolute atomic E-state index is 12.8. The number of aryl methyl sites for hydroxylation is 1. The van der Waals surface area contributed by atoms with E-state index in [-0.39, 0.29) is 5.91 Å². The van der Waals surface area contributed by atoms with Gasteiger partial charge in [0.15, 0.2) is 0 Å². The second kappa shape index (κ2) is 8.28. The van der Waals surface area contributed by atoms with Crippen molar-refractivity contribution in [1.82, 2.24) is 20.1 Å². The third-order valence-corrected chi connectivity index (χ3v) is 5.29. The van der Waals surface area contributed by atoms with Crippen LogP contribution in [0.2, 0.25) is 0 Å². The van der Waals surface area contributed by atoms with Gasteiger partial charge in [-0.15, -0.1) is 0 Å². The lowest BCUT2D eigenvalue weighted by molar-refractivity contribution is 0.0941. The molecule has 0 radical (unpaired) electrons. The quantitative estimate of drug-likeness (QED) is 0.524. The Bertz CT molecular complexity index is 1140. The van der Waals surface area contributed by atoms with E-state index < -0.39 is 0 Å². The molecule has 0 aliphatic carbocycles. The lowest BCUT2D eigenvalue weighted by Crippen LogP contribution is -2.25. The summed E-state index contributed by atoms with van der Waals surface area (Å²) in [5, 5.41) is 11.5. The summed E-state index contributed by atoms with van der Waals surface area (Å²) in [4.78, 5) is 17.3. The highest BCUT2D eigenvalue weighted by Crippen LogP contribution is 2.25. The first kappa shape index (κ1) is 18.9. The zero-order valence-corrected chi connectivity index (χ0v) is 16.9. The Labute approximate surface area is 172 Å². The highest BCUT2D eigenvalue weighted by atomic mass is 32.1. The molecule has 0 aliphatic heterocycles. The molecule has 0 saturated heterocycles. The van der Waals surface area contributed by atoms with Gasteiger partial charge in [-0.05, 0) is 41.3 Å². The lowest BCUT2D eigenvalue weighted by atomic mass is 10.1. The second-order valence-electron chi connectivity index (χ2n) is 6.48. The molecule has 6 nitrogen and oxygen atoms in total. The molecule has 1 aromatic carbocycles. The highest BCUT2D eigenvalue weighted by Gasteiger charge is 2.15. The zero-order chi connectivity index (χ0) is 20.2. The van der Waals surface area contributed by atoms with Gasteiger partial charge < -0.3 is 10.1 Å². The third-order valence-electron chi connectivity index (χ3n) is 4.60. The molecule has 0 saturated carbocycles. The number of hydrogen-bond acceptors (Lipinski definition) is 5. The summed E-state index contributed by atoms with van der Waals surface area (Å²) in [7, 11) is 3.39. The molecule has 0 aliphatic rings. The Hall–Kier alpha value is -3.45. The number of nitrogens with zero attached hydrogens (tertiary/aromatic N) is 3. The van der Waals surface area contributed by atoms with Gasteiger partial charge in [-0.3, -0.25) is 14.5 Å². The van der Waals surface area contributed by atoms with Crippen molar-refractivity contribution in [3.63, 3.8) is 0 Å². The molecule has 3 heterocycles. The first-order valence-electron chi connectivity index (χ1n) is 9.09. The number of benzene rings is 1. The monoisotopic (exact) mass is 404 g/mol. The number of carbonyl (C=O) groups is 1. The van der Waals surface area contributed by atoms with Crippen molar-refractivity contribution >= 4 is 17.2 Å². The Kier molecular flexibility index (Phi) is 5.39. The number of pyridine rings is 1. The number of hydrogen-bond donors (Lipinski definition) is 1. The van der Waals surface area contributed by atoms with Gasteiger partial charge >= 0.3 is 0 Å². The standard InChI is InChI=1S/C22H20N4O2S/c1-26-20(12-19(25-26)15-5-3-7-18(11-15)28-2)22(27)24-13-16-6-4-9-23-21(16)17-8-10-29-14-17/h3-12,14H,13H2,1-2H3,(H,24,27). The van der Waals surface area contributed by atoms with Gasteiger partial charge in [0, 0.05) is 36.3 Å². The molecule has 0 unspecified atom stereocenters. The average molecular weight is 404 g/mol. The van der Waals surface area contributed by atoms with E-state index >= 15 is 0 Å². The van der Waals surface area contributed by atoms with E-state index in [1.165, 1.54) is 0 Å². The molecule has 4 rings (SSSR count). The largest absolute Gasteiger partial charge is 0.497 e. The van der Waals surface area contributed by atoms with Crippen LogP contribution in [0.4, 0.5) is 0 Å². The minimum absolute atomic E-state index is 0.186. The molecule has 0 fully saturated rings. The van der Waals surface area contributed by atoms with Crippen LogP contribution >= 0.6 is 11.3 Å². The van der Waals surface area contributed by atoms with Crippen LogP contribution in [0.1, 0.15) is 16.1 Å². The van der Waals surface area contributed by atoms with Crippen LogP contribution in [0.3, 0.4) is 0 Å². The number of thiophene rings is 1. The van der Waals surface area contributed by atoms with E-state index in [0.29, 0.717) is 12.2 Å². The number of rotatable bonds is 6. The zero-order valence-electron chi connectivity index (χ0n) is 16.1. The summed E-state index contributed by atoms with van der Waals surface area (Å²) in [6.07, 6.45) is 1.76. The van der Waals surface area contributed by atoms with Crippen molar-refractivity contribution < 1.29 is 9.53 Å². The van der Waals surface area contributed by atoms with Crippen LogP contribution in [0.25, 0.3) is 22.5 Å². The Morgan fingerprint density at radius 1 is 1.17 bits per heavy atom. The van der Waals surface area contributed by atoms with Crippen LogP contribution in [0, 0.1) is 0 Å². The van der Waals surface area contributed by atoms with Gasteiger partial charge in [0.2, 0.25) is 0 Å². The van der Waals surface area contributed by atoms with Crippen molar-refractivity contribution in [2.75, 3.05) is 7.11 Å². The summed E-state index contributed by atoms with van der Waals surface area (Å²) in [5.74, 6) is 0.561. The fourth-order valence-corrected chi connectivity index (χ4v) is 3.75. The number of methoxy groups -OCH3 is 1. The molecule has 0 bridgehead atoms. The SMILES string of the molecule is COc1cccc(-c2cc(C(=O)NCc3cccnc3-c3ccsc3)n(C)n2)c1. The summed E-state index contributed by atoms with van der Waals surface area (Å²) < 4.78 is 6.86. The molecule has 29 heavy (non-hydrogen) atoms. The lowest BCUT2D eigenvalue weighted by Gasteiger charge is -2.09. The average Bonchev–Trinajstić information content (AvgIpc) is 3.42. The van der Waals surface area contributed by atoms with Crippen LogP contribution in [0.15, 0.2) is 65.5 Å². The van der Waals surface area contributed by atoms with Gasteiger partial charge in [-0.2, -0.15) is 16.4 Å². The topological polar surface area (TPSA) is 69.0 Å². The van der Waals surface area contributed by atoms with Crippen LogP contribution < -0.4 is 10.1 Å². The van der Waals surface area contributed by atoms with E-state index in [1.54, 1.807) is 42.4 Å². The predicted octanol–water partition coefficient (Wildman–Crippen LogP) is 4.15. The van der Waals surface area contributed by atoms with Crippen molar-refractivity contribution in [2.45, 2.75) is 6.54 Å². The summed E-state index contributed by atoms with van der Waals surface area (Å²) in [6.45, 7) is 0.386. The fourth-order valence-electron chi connectivity index (χ4n) is 3.11. The first-order valence-corrected chi connectivity index (χ1v) is 10.0. The second-order valence-corrected chi connectivity index (χ2v) is 7.26. The Morgan fingerprint density at radius 2 is 2.07 bits per heavy atom. The summed E-state index contributed by atoms with van der Waals surface area (Å²) in [5.41, 5.74) is 5.01. The van der Waals surface area contributed by atoms with E-state index in [0.717, 1.165) is 33.8 Å². The molecular formula is C22H20N4O2S. The van der Waals surface area contributed by atoms with Gasteiger partial charge in [0.05, 0.1) is 18.5 Å². The van der Waals surface area contributed by atoms with Crippen LogP contribution in [0.5, 0.6) is 5.75 Å². The maximum Gasteiger partial charge on any atom is 0.269 e. The summed E-state index contributed by atoms with van der Waals surface area (Å²) >= 11 is 1.62. The predicted molar refractivity (Wildman–Crippen MR) is 114 cm³/mol. The Balaban J connectivity index is 1.52. The molecule has 1 N–H and O–H groups in total. The van der Waals surface area contributed by atoms with Crippen molar-refractivity contribution in [3.8, 4) is 28.3 Å². The maximum atomic E-state index is 12.8. The number of aromatic nitrogens is 3. The normalized spacial score (nSPS) is 10.7. The van der Waals surface area contributed by atoms with Crippen molar-refractivity contribution in [1.29, 1.82) is 0 Å². The van der Waals surface area contributed by atoms with Crippen LogP contribution in [-0.4, -0.2) is 27.8 Å². The minimum Gasteiger partial charge on any atom is -0.497 e. The minimum atomic E-state index is -0.186. The molecule has 1 amide bonds. The van der Waals surface area contributed by atoms with Gasteiger partial charge in [-0.1, -0.05) is 18.2 Å². The van der Waals surface area contributed by atoms with Crippen molar-refractivity contribution in [3.05, 3.63) is 76.7 Å². The fraction of sp³-hybridized carbons (Fsp3) is 0.136. The van der Waals surface area contributed by atoms with Gasteiger partial charge in [-0.25, -0.2) is 0 Å². The molecule has 3 aromatic heterocycles. The number of carbonyl (C=O) groups excluding carboxylic acids is 1. The first-order chi connectivity index (χ1) is 14.2. The molecular weight excluding hydrogens is 384 g/mol. The number of nitrogens with one attached hydrogen (secondary N) is 1. The van der Waals surface area contributed by atoms with E-state index in [9.17, 15) is 4.79 Å². The molecule has 0 spiro atoms. The van der Waals surface area contributed by atoms with Gasteiger partial charge in [0.1, 0.15) is 11.4 Å². The van der Waals surface area contributed by atoms with E-state index in [1.807, 2.05) is 47.8 Å². The highest BCUT2D eigenvalue weighted by molar-refractivity contribution is 7.08. The molecule has 7 heteroatoms. The molecule has 4 aromatic rings. The van der Waals surface area contributed by atoms with Gasteiger partial charge in [0.25, 0.3) is 5.91 Å². The van der Waals surface area contributed by atoms with Crippen LogP contribution in [-0.2, 0) is 13.6 Å². The number of amides is 1.